The van der Waals surface area contributed by atoms with Gasteiger partial charge in [-0.1, -0.05) is 23.2 Å². The third kappa shape index (κ3) is 6.00. The lowest BCUT2D eigenvalue weighted by molar-refractivity contribution is 0.596. The van der Waals surface area contributed by atoms with Crippen LogP contribution in [0.5, 0.6) is 0 Å². The van der Waals surface area contributed by atoms with Gasteiger partial charge in [-0.05, 0) is 30.5 Å². The summed E-state index contributed by atoms with van der Waals surface area (Å²) in [6.45, 7) is 0. The van der Waals surface area contributed by atoms with Gasteiger partial charge in [-0.3, -0.25) is 0 Å². The molecule has 0 aliphatic heterocycles. The quantitative estimate of drug-likeness (QED) is 0.766. The van der Waals surface area contributed by atoms with Crippen LogP contribution in [0.1, 0.15) is 0 Å². The predicted molar refractivity (Wildman–Crippen MR) is 79.0 cm³/mol. The first kappa shape index (κ1) is 17.1. The van der Waals surface area contributed by atoms with Crippen LogP contribution in [0.4, 0.5) is 0 Å². The topological polar surface area (TPSA) is 85.7 Å². The summed E-state index contributed by atoms with van der Waals surface area (Å²) in [5.74, 6) is 0. The van der Waals surface area contributed by atoms with Gasteiger partial charge in [0, 0.05) is 6.26 Å². The van der Waals surface area contributed by atoms with Crippen molar-refractivity contribution in [1.29, 1.82) is 0 Å². The summed E-state index contributed by atoms with van der Waals surface area (Å²) in [7, 11) is -3.25. The third-order valence-corrected chi connectivity index (χ3v) is 3.82. The first-order chi connectivity index (χ1) is 9.32. The molecule has 6 nitrogen and oxygen atoms in total. The summed E-state index contributed by atoms with van der Waals surface area (Å²) in [4.78, 5) is 0. The van der Waals surface area contributed by atoms with E-state index in [1.807, 2.05) is 12.3 Å². The standard InChI is InChI=1S/C5H5ClN2O2S.C5H5ClN2S/c1-11(9,10)5-3-2-4(6)7-8-5;1-9-5-3-2-4(6)7-8-5/h2-3H,1H3;2-3H,1H3. The molecule has 0 amide bonds. The molecule has 0 aromatic carbocycles. The summed E-state index contributed by atoms with van der Waals surface area (Å²) in [6, 6.07) is 6.25. The summed E-state index contributed by atoms with van der Waals surface area (Å²) in [5, 5.41) is 15.6. The van der Waals surface area contributed by atoms with Crippen LogP contribution >= 0.6 is 35.0 Å². The lowest BCUT2D eigenvalue weighted by atomic mass is 10.6. The molecule has 0 aliphatic rings. The Morgan fingerprint density at radius 3 is 1.85 bits per heavy atom. The van der Waals surface area contributed by atoms with Gasteiger partial charge in [0.2, 0.25) is 0 Å². The van der Waals surface area contributed by atoms with E-state index in [1.165, 1.54) is 12.1 Å². The highest BCUT2D eigenvalue weighted by Gasteiger charge is 2.07. The van der Waals surface area contributed by atoms with Gasteiger partial charge in [0.25, 0.3) is 0 Å². The van der Waals surface area contributed by atoms with Crippen molar-refractivity contribution in [3.8, 4) is 0 Å². The molecule has 0 N–H and O–H groups in total. The Morgan fingerprint density at radius 1 is 0.950 bits per heavy atom. The van der Waals surface area contributed by atoms with Gasteiger partial charge in [-0.15, -0.1) is 32.2 Å². The fourth-order valence-electron chi connectivity index (χ4n) is 0.914. The van der Waals surface area contributed by atoms with Crippen molar-refractivity contribution in [1.82, 2.24) is 20.4 Å². The van der Waals surface area contributed by atoms with Crippen LogP contribution in [-0.2, 0) is 9.84 Å². The van der Waals surface area contributed by atoms with Crippen LogP contribution in [0.2, 0.25) is 10.3 Å². The van der Waals surface area contributed by atoms with Crippen molar-refractivity contribution in [2.45, 2.75) is 10.1 Å². The van der Waals surface area contributed by atoms with Crippen LogP contribution in [0.3, 0.4) is 0 Å². The van der Waals surface area contributed by atoms with E-state index >= 15 is 0 Å². The fourth-order valence-corrected chi connectivity index (χ4v) is 1.95. The zero-order chi connectivity index (χ0) is 15.2. The van der Waals surface area contributed by atoms with Gasteiger partial charge in [-0.2, -0.15) is 0 Å². The van der Waals surface area contributed by atoms with Crippen molar-refractivity contribution in [2.75, 3.05) is 12.5 Å². The van der Waals surface area contributed by atoms with E-state index in [0.29, 0.717) is 5.15 Å². The molecule has 108 valence electrons. The Balaban J connectivity index is 0.000000204. The van der Waals surface area contributed by atoms with Crippen molar-refractivity contribution >= 4 is 44.8 Å². The zero-order valence-electron chi connectivity index (χ0n) is 10.5. The molecular formula is C10H10Cl2N4O2S2. The first-order valence-corrected chi connectivity index (χ1v) is 8.92. The zero-order valence-corrected chi connectivity index (χ0v) is 13.6. The molecule has 0 saturated heterocycles. The normalized spacial score (nSPS) is 10.6. The van der Waals surface area contributed by atoms with Crippen molar-refractivity contribution in [3.63, 3.8) is 0 Å². The molecule has 20 heavy (non-hydrogen) atoms. The van der Waals surface area contributed by atoms with Crippen molar-refractivity contribution in [3.05, 3.63) is 34.6 Å². The van der Waals surface area contributed by atoms with Gasteiger partial charge < -0.3 is 0 Å². The van der Waals surface area contributed by atoms with Crippen LogP contribution in [0, 0.1) is 0 Å². The van der Waals surface area contributed by atoms with Gasteiger partial charge in [0.05, 0.1) is 0 Å². The highest BCUT2D eigenvalue weighted by molar-refractivity contribution is 7.98. The first-order valence-electron chi connectivity index (χ1n) is 5.05. The van der Waals surface area contributed by atoms with E-state index in [4.69, 9.17) is 23.2 Å². The van der Waals surface area contributed by atoms with Gasteiger partial charge in [0.15, 0.2) is 25.2 Å². The minimum atomic E-state index is -3.25. The Kier molecular flexibility index (Phi) is 6.60. The number of halogens is 2. The van der Waals surface area contributed by atoms with Crippen molar-refractivity contribution < 1.29 is 8.42 Å². The molecule has 0 aliphatic carbocycles. The van der Waals surface area contributed by atoms with Gasteiger partial charge in [0.1, 0.15) is 5.03 Å². The molecule has 0 unspecified atom stereocenters. The van der Waals surface area contributed by atoms with Gasteiger partial charge >= 0.3 is 0 Å². The second-order valence-corrected chi connectivity index (χ2v) is 6.93. The molecule has 2 rings (SSSR count). The largest absolute Gasteiger partial charge is 0.222 e. The number of nitrogens with zero attached hydrogens (tertiary/aromatic N) is 4. The van der Waals surface area contributed by atoms with E-state index in [1.54, 1.807) is 17.8 Å². The summed E-state index contributed by atoms with van der Waals surface area (Å²) < 4.78 is 21.6. The number of thioether (sulfide) groups is 1. The summed E-state index contributed by atoms with van der Waals surface area (Å²) >= 11 is 12.4. The second-order valence-electron chi connectivity index (χ2n) is 3.36. The molecule has 2 aromatic heterocycles. The number of sulfone groups is 1. The van der Waals surface area contributed by atoms with Crippen LogP contribution < -0.4 is 0 Å². The Bertz CT molecular complexity index is 648. The number of rotatable bonds is 2. The predicted octanol–water partition coefficient (Wildman–Crippen LogP) is 2.39. The summed E-state index contributed by atoms with van der Waals surface area (Å²) in [6.07, 6.45) is 3.00. The van der Waals surface area contributed by atoms with E-state index in [0.717, 1.165) is 11.3 Å². The molecule has 0 atom stereocenters. The van der Waals surface area contributed by atoms with E-state index in [2.05, 4.69) is 20.4 Å². The highest BCUT2D eigenvalue weighted by atomic mass is 35.5. The average Bonchev–Trinajstić information content (AvgIpc) is 2.40. The smallest absolute Gasteiger partial charge is 0.194 e. The number of aromatic nitrogens is 4. The molecule has 0 spiro atoms. The molecule has 2 heterocycles. The Labute approximate surface area is 130 Å². The lowest BCUT2D eigenvalue weighted by Crippen LogP contribution is -2.01. The second kappa shape index (κ2) is 7.72. The van der Waals surface area contributed by atoms with Crippen LogP contribution in [0.25, 0.3) is 0 Å². The minimum absolute atomic E-state index is 0.0677. The van der Waals surface area contributed by atoms with E-state index in [-0.39, 0.29) is 10.2 Å². The van der Waals surface area contributed by atoms with E-state index in [9.17, 15) is 8.42 Å². The maximum absolute atomic E-state index is 10.8. The van der Waals surface area contributed by atoms with Crippen LogP contribution in [0.15, 0.2) is 34.3 Å². The molecule has 0 fully saturated rings. The van der Waals surface area contributed by atoms with Crippen molar-refractivity contribution in [2.24, 2.45) is 0 Å². The average molecular weight is 353 g/mol. The Hall–Kier alpha value is -0.960. The van der Waals surface area contributed by atoms with Crippen LogP contribution in [-0.4, -0.2) is 41.3 Å². The molecule has 10 heteroatoms. The highest BCUT2D eigenvalue weighted by Crippen LogP contribution is 2.10. The Morgan fingerprint density at radius 2 is 1.50 bits per heavy atom. The molecule has 0 radical (unpaired) electrons. The molecule has 2 aromatic rings. The molecular weight excluding hydrogens is 343 g/mol. The van der Waals surface area contributed by atoms with E-state index < -0.39 is 9.84 Å². The number of hydrogen-bond donors (Lipinski definition) is 0. The van der Waals surface area contributed by atoms with Gasteiger partial charge in [-0.25, -0.2) is 8.42 Å². The fraction of sp³-hybridized carbons (Fsp3) is 0.200. The maximum Gasteiger partial charge on any atom is 0.194 e. The monoisotopic (exact) mass is 352 g/mol. The molecule has 0 saturated carbocycles. The maximum atomic E-state index is 10.8. The summed E-state index contributed by atoms with van der Waals surface area (Å²) in [5.41, 5.74) is 0. The number of hydrogen-bond acceptors (Lipinski definition) is 7. The lowest BCUT2D eigenvalue weighted by Gasteiger charge is -1.93. The molecule has 0 bridgehead atoms. The minimum Gasteiger partial charge on any atom is -0.222 e. The third-order valence-electron chi connectivity index (χ3n) is 1.80. The SMILES string of the molecule is CS(=O)(=O)c1ccc(Cl)nn1.CSc1ccc(Cl)nn1.